The summed E-state index contributed by atoms with van der Waals surface area (Å²) in [5.41, 5.74) is -0.369. The van der Waals surface area contributed by atoms with Gasteiger partial charge < -0.3 is 4.90 Å². The third-order valence-corrected chi connectivity index (χ3v) is 5.95. The van der Waals surface area contributed by atoms with Crippen molar-refractivity contribution >= 4 is 17.6 Å². The number of halogens is 2. The molecule has 4 rings (SSSR count). The summed E-state index contributed by atoms with van der Waals surface area (Å²) in [6.07, 6.45) is 1.97. The van der Waals surface area contributed by atoms with Crippen molar-refractivity contribution in [3.63, 3.8) is 0 Å². The first-order valence-electron chi connectivity index (χ1n) is 10.4. The summed E-state index contributed by atoms with van der Waals surface area (Å²) in [5, 5.41) is 4.38. The van der Waals surface area contributed by atoms with E-state index in [4.69, 9.17) is 0 Å². The number of aromatic nitrogens is 2. The largest absolute Gasteiger partial charge is 0.332 e. The molecule has 3 aromatic rings. The Kier molecular flexibility index (Phi) is 5.73. The predicted octanol–water partition coefficient (Wildman–Crippen LogP) is 4.19. The number of hydrogen-bond donors (Lipinski definition) is 0. The number of carbonyl (C=O) groups excluding carboxylic acids is 2. The molecule has 1 saturated heterocycles. The van der Waals surface area contributed by atoms with E-state index in [0.717, 1.165) is 12.1 Å². The van der Waals surface area contributed by atoms with E-state index in [0.29, 0.717) is 22.6 Å². The summed E-state index contributed by atoms with van der Waals surface area (Å²) < 4.78 is 31.6. The predicted molar refractivity (Wildman–Crippen MR) is 119 cm³/mol. The van der Waals surface area contributed by atoms with Gasteiger partial charge in [-0.2, -0.15) is 5.10 Å². The first kappa shape index (κ1) is 22.2. The summed E-state index contributed by atoms with van der Waals surface area (Å²) in [6, 6.07) is 12.0. The minimum Gasteiger partial charge on any atom is -0.315 e. The van der Waals surface area contributed by atoms with Crippen LogP contribution < -0.4 is 4.90 Å². The molecule has 0 bridgehead atoms. The van der Waals surface area contributed by atoms with Crippen molar-refractivity contribution in [3.8, 4) is 11.8 Å². The van der Waals surface area contributed by atoms with Gasteiger partial charge in [-0.15, -0.1) is 0 Å². The summed E-state index contributed by atoms with van der Waals surface area (Å²) in [7, 11) is 3.24. The zero-order valence-corrected chi connectivity index (χ0v) is 18.5. The van der Waals surface area contributed by atoms with Crippen LogP contribution in [0.2, 0.25) is 0 Å². The zero-order valence-electron chi connectivity index (χ0n) is 18.5. The number of anilines is 1. The van der Waals surface area contributed by atoms with Crippen molar-refractivity contribution in [1.82, 2.24) is 14.7 Å². The topological polar surface area (TPSA) is 58.4 Å². The lowest BCUT2D eigenvalue weighted by Crippen LogP contribution is -2.61. The Morgan fingerprint density at radius 3 is 2.21 bits per heavy atom. The van der Waals surface area contributed by atoms with Crippen LogP contribution >= 0.6 is 0 Å². The highest BCUT2D eigenvalue weighted by Crippen LogP contribution is 2.40. The number of rotatable bonds is 3. The van der Waals surface area contributed by atoms with Gasteiger partial charge in [-0.25, -0.2) is 18.5 Å². The lowest BCUT2D eigenvalue weighted by Gasteiger charge is -2.46. The van der Waals surface area contributed by atoms with E-state index < -0.39 is 34.8 Å². The molecule has 168 valence electrons. The summed E-state index contributed by atoms with van der Waals surface area (Å²) in [6.45, 7) is 1.84. The second kappa shape index (κ2) is 8.51. The van der Waals surface area contributed by atoms with E-state index >= 15 is 8.78 Å². The van der Waals surface area contributed by atoms with E-state index in [1.54, 1.807) is 48.3 Å². The summed E-state index contributed by atoms with van der Waals surface area (Å²) in [5.74, 6) is 2.76. The molecule has 0 saturated carbocycles. The third kappa shape index (κ3) is 3.87. The molecular weight excluding hydrogens is 426 g/mol. The maximum atomic E-state index is 15.0. The van der Waals surface area contributed by atoms with Crippen LogP contribution in [0.4, 0.5) is 19.3 Å². The Morgan fingerprint density at radius 2 is 1.64 bits per heavy atom. The molecule has 1 aromatic heterocycles. The average molecular weight is 448 g/mol. The van der Waals surface area contributed by atoms with Gasteiger partial charge >= 0.3 is 6.03 Å². The molecule has 1 aliphatic heterocycles. The SMILES string of the molecule is CC[C@@]1(c2ccn(C)n2)CC(=O)N(c2c(F)cc(C#Cc3ccccc3)cc2F)C(=O)N1C. The molecule has 3 amide bonds. The Labute approximate surface area is 190 Å². The number of nitrogens with zero attached hydrogens (tertiary/aromatic N) is 4. The van der Waals surface area contributed by atoms with E-state index in [-0.39, 0.29) is 12.0 Å². The lowest BCUT2D eigenvalue weighted by molar-refractivity contribution is -0.122. The molecule has 1 fully saturated rings. The van der Waals surface area contributed by atoms with Crippen LogP contribution in [0.5, 0.6) is 0 Å². The molecule has 0 radical (unpaired) electrons. The van der Waals surface area contributed by atoms with Gasteiger partial charge in [-0.1, -0.05) is 37.0 Å². The summed E-state index contributed by atoms with van der Waals surface area (Å²) in [4.78, 5) is 28.2. The number of amides is 3. The van der Waals surface area contributed by atoms with Gasteiger partial charge in [0.05, 0.1) is 17.7 Å². The second-order valence-electron chi connectivity index (χ2n) is 7.91. The van der Waals surface area contributed by atoms with Gasteiger partial charge in [-0.05, 0) is 36.8 Å². The van der Waals surface area contributed by atoms with E-state index in [1.165, 1.54) is 11.9 Å². The molecule has 6 nitrogen and oxygen atoms in total. The van der Waals surface area contributed by atoms with Crippen LogP contribution in [-0.4, -0.2) is 33.7 Å². The fourth-order valence-corrected chi connectivity index (χ4v) is 4.09. The van der Waals surface area contributed by atoms with Crippen molar-refractivity contribution < 1.29 is 18.4 Å². The van der Waals surface area contributed by atoms with Crippen molar-refractivity contribution in [1.29, 1.82) is 0 Å². The van der Waals surface area contributed by atoms with Crippen LogP contribution in [0, 0.1) is 23.5 Å². The normalized spacial score (nSPS) is 18.3. The Balaban J connectivity index is 1.69. The fourth-order valence-electron chi connectivity index (χ4n) is 4.09. The number of urea groups is 1. The monoisotopic (exact) mass is 448 g/mol. The fraction of sp³-hybridized carbons (Fsp3) is 0.240. The molecule has 8 heteroatoms. The Morgan fingerprint density at radius 1 is 1.00 bits per heavy atom. The molecule has 0 spiro atoms. The highest BCUT2D eigenvalue weighted by Gasteiger charge is 2.50. The maximum absolute atomic E-state index is 15.0. The van der Waals surface area contributed by atoms with Crippen LogP contribution in [0.25, 0.3) is 0 Å². The van der Waals surface area contributed by atoms with Crippen LogP contribution in [0.3, 0.4) is 0 Å². The molecule has 1 aliphatic rings. The van der Waals surface area contributed by atoms with E-state index in [1.807, 2.05) is 13.0 Å². The van der Waals surface area contributed by atoms with Crippen molar-refractivity contribution in [3.05, 3.63) is 83.2 Å². The van der Waals surface area contributed by atoms with Crippen LogP contribution in [0.1, 0.15) is 36.6 Å². The molecule has 2 heterocycles. The number of imide groups is 1. The minimum absolute atomic E-state index is 0.0965. The minimum atomic E-state index is -1.04. The molecule has 33 heavy (non-hydrogen) atoms. The number of aryl methyl sites for hydroxylation is 1. The van der Waals surface area contributed by atoms with Crippen molar-refractivity contribution in [2.24, 2.45) is 7.05 Å². The smallest absolute Gasteiger partial charge is 0.315 e. The van der Waals surface area contributed by atoms with Gasteiger partial charge in [0, 0.05) is 31.4 Å². The Hall–Kier alpha value is -3.99. The van der Waals surface area contributed by atoms with Gasteiger partial charge in [-0.3, -0.25) is 9.48 Å². The van der Waals surface area contributed by atoms with Crippen molar-refractivity contribution in [2.45, 2.75) is 25.3 Å². The van der Waals surface area contributed by atoms with Crippen LogP contribution in [-0.2, 0) is 17.4 Å². The molecular formula is C25H22F2N4O2. The highest BCUT2D eigenvalue weighted by molar-refractivity contribution is 6.16. The average Bonchev–Trinajstić information content (AvgIpc) is 3.24. The van der Waals surface area contributed by atoms with Gasteiger partial charge in [0.1, 0.15) is 5.69 Å². The van der Waals surface area contributed by atoms with E-state index in [9.17, 15) is 9.59 Å². The molecule has 2 aromatic carbocycles. The van der Waals surface area contributed by atoms with Gasteiger partial charge in [0.25, 0.3) is 0 Å². The maximum Gasteiger partial charge on any atom is 0.332 e. The number of hydrogen-bond acceptors (Lipinski definition) is 3. The summed E-state index contributed by atoms with van der Waals surface area (Å²) >= 11 is 0. The standard InChI is InChI=1S/C25H22F2N4O2/c1-4-25(21-12-13-29(2)28-21)16-22(32)31(24(33)30(25)3)23-19(26)14-18(15-20(23)27)11-10-17-8-6-5-7-9-17/h5-9,12-15H,4,16H2,1-3H3/t25-/m0/s1. The third-order valence-electron chi connectivity index (χ3n) is 5.95. The lowest BCUT2D eigenvalue weighted by atomic mass is 9.84. The number of benzene rings is 2. The molecule has 0 unspecified atom stereocenters. The van der Waals surface area contributed by atoms with Crippen molar-refractivity contribution in [2.75, 3.05) is 11.9 Å². The number of carbonyl (C=O) groups is 2. The van der Waals surface area contributed by atoms with Gasteiger partial charge in [0.2, 0.25) is 5.91 Å². The van der Waals surface area contributed by atoms with Gasteiger partial charge in [0.15, 0.2) is 11.6 Å². The zero-order chi connectivity index (χ0) is 23.8. The molecule has 0 N–H and O–H groups in total. The molecule has 1 atom stereocenters. The highest BCUT2D eigenvalue weighted by atomic mass is 19.1. The quantitative estimate of drug-likeness (QED) is 0.565. The Bertz CT molecular complexity index is 1270. The second-order valence-corrected chi connectivity index (χ2v) is 7.91. The first-order valence-corrected chi connectivity index (χ1v) is 10.4. The van der Waals surface area contributed by atoms with E-state index in [2.05, 4.69) is 16.9 Å². The first-order chi connectivity index (χ1) is 15.8. The molecule has 0 aliphatic carbocycles. The van der Waals surface area contributed by atoms with Crippen LogP contribution in [0.15, 0.2) is 54.7 Å².